The molecule has 2 heterocycles. The summed E-state index contributed by atoms with van der Waals surface area (Å²) in [7, 11) is 0. The quantitative estimate of drug-likeness (QED) is 0.749. The summed E-state index contributed by atoms with van der Waals surface area (Å²) in [5.74, 6) is -1.47. The van der Waals surface area contributed by atoms with Crippen LogP contribution in [0.4, 0.5) is 5.69 Å². The third-order valence-corrected chi connectivity index (χ3v) is 3.24. The van der Waals surface area contributed by atoms with Crippen LogP contribution in [0.25, 0.3) is 0 Å². The molecule has 1 aliphatic rings. The van der Waals surface area contributed by atoms with Gasteiger partial charge in [-0.1, -0.05) is 11.3 Å². The summed E-state index contributed by atoms with van der Waals surface area (Å²) < 4.78 is 1.65. The first-order valence-corrected chi connectivity index (χ1v) is 6.41. The summed E-state index contributed by atoms with van der Waals surface area (Å²) in [6.07, 6.45) is 1.59. The lowest BCUT2D eigenvalue weighted by Crippen LogP contribution is -2.43. The predicted molar refractivity (Wildman–Crippen MR) is 73.3 cm³/mol. The summed E-state index contributed by atoms with van der Waals surface area (Å²) in [5.41, 5.74) is 0.708. The fourth-order valence-electron chi connectivity index (χ4n) is 1.94. The number of benzene rings is 1. The Morgan fingerprint density at radius 3 is 2.86 bits per heavy atom. The Labute approximate surface area is 119 Å². The Bertz CT molecular complexity index is 693. The third-order valence-electron chi connectivity index (χ3n) is 3.24. The number of rotatable bonds is 4. The molecule has 1 aliphatic heterocycles. The number of carbonyl (C=O) groups excluding carboxylic acids is 1. The van der Waals surface area contributed by atoms with Gasteiger partial charge in [-0.3, -0.25) is 4.79 Å². The molecule has 8 heteroatoms. The molecule has 0 atom stereocenters. The zero-order chi connectivity index (χ0) is 14.8. The molecule has 0 unspecified atom stereocenters. The van der Waals surface area contributed by atoms with Crippen molar-refractivity contribution in [3.63, 3.8) is 0 Å². The van der Waals surface area contributed by atoms with Crippen LogP contribution in [0.2, 0.25) is 0 Å². The number of carbonyl (C=O) groups is 2. The standard InChI is InChI=1S/C13H13N5O3/c19-12(11-7-18(17-16-11)10-5-14-6-10)15-9-3-1-2-8(4-9)13(20)21/h1-4,7,10,14H,5-6H2,(H,15,19)(H,20,21). The summed E-state index contributed by atoms with van der Waals surface area (Å²) in [4.78, 5) is 22.9. The zero-order valence-electron chi connectivity index (χ0n) is 11.0. The van der Waals surface area contributed by atoms with Crippen LogP contribution in [0, 0.1) is 0 Å². The average molecular weight is 287 g/mol. The van der Waals surface area contributed by atoms with Crippen LogP contribution in [-0.2, 0) is 0 Å². The fourth-order valence-corrected chi connectivity index (χ4v) is 1.94. The number of nitrogens with zero attached hydrogens (tertiary/aromatic N) is 3. The van der Waals surface area contributed by atoms with Gasteiger partial charge in [-0.25, -0.2) is 9.48 Å². The number of aromatic nitrogens is 3. The second-order valence-electron chi connectivity index (χ2n) is 4.74. The van der Waals surface area contributed by atoms with E-state index in [0.717, 1.165) is 13.1 Å². The van der Waals surface area contributed by atoms with Crippen molar-refractivity contribution < 1.29 is 14.7 Å². The smallest absolute Gasteiger partial charge is 0.335 e. The van der Waals surface area contributed by atoms with E-state index in [2.05, 4.69) is 20.9 Å². The highest BCUT2D eigenvalue weighted by Gasteiger charge is 2.21. The van der Waals surface area contributed by atoms with E-state index in [0.29, 0.717) is 5.69 Å². The zero-order valence-corrected chi connectivity index (χ0v) is 11.0. The molecule has 108 valence electrons. The summed E-state index contributed by atoms with van der Waals surface area (Å²) >= 11 is 0. The van der Waals surface area contributed by atoms with Gasteiger partial charge in [-0.2, -0.15) is 0 Å². The van der Waals surface area contributed by atoms with E-state index in [-0.39, 0.29) is 17.3 Å². The number of hydrogen-bond donors (Lipinski definition) is 3. The first kappa shape index (κ1) is 13.3. The third kappa shape index (κ3) is 2.75. The van der Waals surface area contributed by atoms with Gasteiger partial charge in [0.25, 0.3) is 5.91 Å². The summed E-state index contributed by atoms with van der Waals surface area (Å²) in [6, 6.07) is 6.26. The van der Waals surface area contributed by atoms with Crippen molar-refractivity contribution in [1.29, 1.82) is 0 Å². The summed E-state index contributed by atoms with van der Waals surface area (Å²) in [6.45, 7) is 1.62. The van der Waals surface area contributed by atoms with Gasteiger partial charge in [0, 0.05) is 18.8 Å². The van der Waals surface area contributed by atoms with Crippen LogP contribution in [0.3, 0.4) is 0 Å². The Kier molecular flexibility index (Phi) is 3.36. The first-order chi connectivity index (χ1) is 10.1. The minimum atomic E-state index is -1.05. The second kappa shape index (κ2) is 5.33. The minimum absolute atomic E-state index is 0.108. The number of amides is 1. The Balaban J connectivity index is 1.72. The summed E-state index contributed by atoms with van der Waals surface area (Å²) in [5, 5.41) is 22.4. The molecule has 3 N–H and O–H groups in total. The Morgan fingerprint density at radius 1 is 1.38 bits per heavy atom. The van der Waals surface area contributed by atoms with Gasteiger partial charge < -0.3 is 15.7 Å². The van der Waals surface area contributed by atoms with Crippen molar-refractivity contribution in [2.24, 2.45) is 0 Å². The number of carboxylic acids is 1. The molecule has 0 radical (unpaired) electrons. The van der Waals surface area contributed by atoms with Gasteiger partial charge in [0.2, 0.25) is 0 Å². The van der Waals surface area contributed by atoms with E-state index in [9.17, 15) is 9.59 Å². The number of hydrogen-bond acceptors (Lipinski definition) is 5. The lowest BCUT2D eigenvalue weighted by molar-refractivity contribution is 0.0696. The van der Waals surface area contributed by atoms with Gasteiger partial charge >= 0.3 is 5.97 Å². The normalized spacial score (nSPS) is 14.5. The molecule has 1 aromatic carbocycles. The number of carboxylic acid groups (broad SMARTS) is 1. The number of anilines is 1. The highest BCUT2D eigenvalue weighted by atomic mass is 16.4. The van der Waals surface area contributed by atoms with Crippen molar-refractivity contribution >= 4 is 17.6 Å². The Morgan fingerprint density at radius 2 is 2.19 bits per heavy atom. The second-order valence-corrected chi connectivity index (χ2v) is 4.74. The molecule has 1 saturated heterocycles. The van der Waals surface area contributed by atoms with E-state index in [4.69, 9.17) is 5.11 Å². The van der Waals surface area contributed by atoms with Crippen molar-refractivity contribution in [2.75, 3.05) is 18.4 Å². The number of aromatic carboxylic acids is 1. The van der Waals surface area contributed by atoms with Gasteiger partial charge in [0.15, 0.2) is 5.69 Å². The molecule has 0 aliphatic carbocycles. The fraction of sp³-hybridized carbons (Fsp3) is 0.231. The first-order valence-electron chi connectivity index (χ1n) is 6.41. The van der Waals surface area contributed by atoms with Crippen LogP contribution in [-0.4, -0.2) is 45.1 Å². The van der Waals surface area contributed by atoms with E-state index >= 15 is 0 Å². The topological polar surface area (TPSA) is 109 Å². The largest absolute Gasteiger partial charge is 0.478 e. The van der Waals surface area contributed by atoms with Gasteiger partial charge in [-0.15, -0.1) is 5.10 Å². The molecule has 1 fully saturated rings. The maximum Gasteiger partial charge on any atom is 0.335 e. The Hall–Kier alpha value is -2.74. The van der Waals surface area contributed by atoms with E-state index in [1.807, 2.05) is 0 Å². The average Bonchev–Trinajstić information content (AvgIpc) is 2.86. The van der Waals surface area contributed by atoms with Crippen LogP contribution in [0.15, 0.2) is 30.5 Å². The molecule has 8 nitrogen and oxygen atoms in total. The highest BCUT2D eigenvalue weighted by Crippen LogP contribution is 2.13. The molecule has 3 rings (SSSR count). The van der Waals surface area contributed by atoms with E-state index < -0.39 is 11.9 Å². The molecule has 21 heavy (non-hydrogen) atoms. The molecule has 0 bridgehead atoms. The molecule has 1 amide bonds. The molecule has 0 spiro atoms. The van der Waals surface area contributed by atoms with E-state index in [1.165, 1.54) is 12.1 Å². The van der Waals surface area contributed by atoms with Crippen molar-refractivity contribution in [1.82, 2.24) is 20.3 Å². The molecule has 2 aromatic rings. The van der Waals surface area contributed by atoms with Crippen LogP contribution in [0.1, 0.15) is 26.9 Å². The van der Waals surface area contributed by atoms with Gasteiger partial charge in [-0.05, 0) is 18.2 Å². The van der Waals surface area contributed by atoms with Crippen LogP contribution >= 0.6 is 0 Å². The minimum Gasteiger partial charge on any atom is -0.478 e. The lowest BCUT2D eigenvalue weighted by atomic mass is 10.2. The predicted octanol–water partition coefficient (Wildman–Crippen LogP) is 0.373. The number of nitrogens with one attached hydrogen (secondary N) is 2. The van der Waals surface area contributed by atoms with Crippen molar-refractivity contribution in [3.8, 4) is 0 Å². The molecular formula is C13H13N5O3. The van der Waals surface area contributed by atoms with E-state index in [1.54, 1.807) is 23.0 Å². The van der Waals surface area contributed by atoms with Gasteiger partial charge in [0.1, 0.15) is 0 Å². The SMILES string of the molecule is O=C(O)c1cccc(NC(=O)c2cn(C3CNC3)nn2)c1. The van der Waals surface area contributed by atoms with Crippen LogP contribution in [0.5, 0.6) is 0 Å². The van der Waals surface area contributed by atoms with Gasteiger partial charge in [0.05, 0.1) is 17.8 Å². The molecular weight excluding hydrogens is 274 g/mol. The molecule has 1 aromatic heterocycles. The van der Waals surface area contributed by atoms with Crippen molar-refractivity contribution in [2.45, 2.75) is 6.04 Å². The maximum absolute atomic E-state index is 12.0. The monoisotopic (exact) mass is 287 g/mol. The van der Waals surface area contributed by atoms with Crippen molar-refractivity contribution in [3.05, 3.63) is 41.7 Å². The van der Waals surface area contributed by atoms with Crippen LogP contribution < -0.4 is 10.6 Å². The highest BCUT2D eigenvalue weighted by molar-refractivity contribution is 6.03. The maximum atomic E-state index is 12.0. The lowest BCUT2D eigenvalue weighted by Gasteiger charge is -2.26. The molecule has 0 saturated carbocycles.